The molecule has 0 heterocycles. The lowest BCUT2D eigenvalue weighted by Gasteiger charge is -2.18. The van der Waals surface area contributed by atoms with Crippen molar-refractivity contribution in [3.05, 3.63) is 65.2 Å². The Kier molecular flexibility index (Phi) is 8.83. The minimum atomic E-state index is -0.110. The number of likely N-dealkylation sites (N-methyl/N-ethyl adjacent to an activating group) is 1. The van der Waals surface area contributed by atoms with Crippen molar-refractivity contribution < 1.29 is 9.59 Å². The fourth-order valence-corrected chi connectivity index (χ4v) is 3.00. The zero-order valence-corrected chi connectivity index (χ0v) is 17.9. The highest BCUT2D eigenvalue weighted by molar-refractivity contribution is 5.94. The van der Waals surface area contributed by atoms with Crippen molar-refractivity contribution in [2.45, 2.75) is 26.9 Å². The molecule has 0 radical (unpaired) electrons. The van der Waals surface area contributed by atoms with Gasteiger partial charge in [-0.3, -0.25) is 14.5 Å². The summed E-state index contributed by atoms with van der Waals surface area (Å²) in [5.74, 6) is -0.178. The van der Waals surface area contributed by atoms with E-state index in [1.54, 1.807) is 0 Å². The Labute approximate surface area is 173 Å². The molecule has 0 atom stereocenters. The largest absolute Gasteiger partial charge is 0.348 e. The van der Waals surface area contributed by atoms with Gasteiger partial charge in [0.2, 0.25) is 5.91 Å². The highest BCUT2D eigenvalue weighted by Gasteiger charge is 2.08. The van der Waals surface area contributed by atoms with Gasteiger partial charge in [-0.25, -0.2) is 0 Å². The third-order valence-electron chi connectivity index (χ3n) is 4.64. The number of hydrogen-bond acceptors (Lipinski definition) is 4. The van der Waals surface area contributed by atoms with E-state index in [-0.39, 0.29) is 11.8 Å². The Bertz CT molecular complexity index is 799. The molecule has 2 N–H and O–H groups in total. The van der Waals surface area contributed by atoms with Gasteiger partial charge in [0.15, 0.2) is 0 Å². The van der Waals surface area contributed by atoms with Crippen LogP contribution in [0.1, 0.15) is 35.3 Å². The summed E-state index contributed by atoms with van der Waals surface area (Å²) in [5.41, 5.74) is 3.50. The fraction of sp³-hybridized carbons (Fsp3) is 0.391. The van der Waals surface area contributed by atoms with Crippen LogP contribution in [-0.2, 0) is 17.9 Å². The van der Waals surface area contributed by atoms with E-state index in [2.05, 4.69) is 29.4 Å². The van der Waals surface area contributed by atoms with E-state index in [1.807, 2.05) is 67.5 Å². The molecule has 0 unspecified atom stereocenters. The van der Waals surface area contributed by atoms with Gasteiger partial charge in [0.05, 0.1) is 6.54 Å². The first-order valence-electron chi connectivity index (χ1n) is 10.0. The van der Waals surface area contributed by atoms with Crippen LogP contribution in [0.2, 0.25) is 0 Å². The second-order valence-corrected chi connectivity index (χ2v) is 7.33. The first-order chi connectivity index (χ1) is 13.9. The summed E-state index contributed by atoms with van der Waals surface area (Å²) in [5, 5.41) is 5.81. The van der Waals surface area contributed by atoms with Crippen LogP contribution in [0.4, 0.5) is 5.69 Å². The van der Waals surface area contributed by atoms with Crippen LogP contribution >= 0.6 is 0 Å². The quantitative estimate of drug-likeness (QED) is 0.648. The van der Waals surface area contributed by atoms with Crippen molar-refractivity contribution in [2.75, 3.05) is 39.0 Å². The Morgan fingerprint density at radius 1 is 0.931 bits per heavy atom. The maximum absolute atomic E-state index is 12.5. The monoisotopic (exact) mass is 396 g/mol. The lowest BCUT2D eigenvalue weighted by molar-refractivity contribution is -0.116. The topological polar surface area (TPSA) is 64.7 Å². The van der Waals surface area contributed by atoms with Crippen LogP contribution in [-0.4, -0.2) is 55.3 Å². The average Bonchev–Trinajstić information content (AvgIpc) is 2.70. The van der Waals surface area contributed by atoms with Crippen molar-refractivity contribution in [2.24, 2.45) is 0 Å². The van der Waals surface area contributed by atoms with Gasteiger partial charge in [0, 0.05) is 24.3 Å². The maximum atomic E-state index is 12.5. The van der Waals surface area contributed by atoms with Crippen molar-refractivity contribution in [1.29, 1.82) is 0 Å². The third-order valence-corrected chi connectivity index (χ3v) is 4.64. The smallest absolute Gasteiger partial charge is 0.251 e. The van der Waals surface area contributed by atoms with E-state index in [0.29, 0.717) is 18.7 Å². The predicted molar refractivity (Wildman–Crippen MR) is 118 cm³/mol. The lowest BCUT2D eigenvalue weighted by Crippen LogP contribution is -2.27. The number of amides is 2. The SMILES string of the molecule is CCN(CC)Cc1ccc(C(=O)NCc2cccc(NC(=O)CN(C)C)c2)cc1. The highest BCUT2D eigenvalue weighted by Crippen LogP contribution is 2.12. The molecule has 0 spiro atoms. The molecular weight excluding hydrogens is 364 g/mol. The molecule has 29 heavy (non-hydrogen) atoms. The van der Waals surface area contributed by atoms with Crippen LogP contribution in [0.5, 0.6) is 0 Å². The number of rotatable bonds is 10. The molecule has 0 bridgehead atoms. The Morgan fingerprint density at radius 3 is 2.24 bits per heavy atom. The second-order valence-electron chi connectivity index (χ2n) is 7.33. The summed E-state index contributed by atoms with van der Waals surface area (Å²) in [7, 11) is 3.70. The minimum absolute atomic E-state index is 0.0685. The zero-order chi connectivity index (χ0) is 21.2. The number of hydrogen-bond donors (Lipinski definition) is 2. The molecule has 2 aromatic rings. The highest BCUT2D eigenvalue weighted by atomic mass is 16.2. The van der Waals surface area contributed by atoms with Crippen molar-refractivity contribution >= 4 is 17.5 Å². The van der Waals surface area contributed by atoms with E-state index in [9.17, 15) is 9.59 Å². The van der Waals surface area contributed by atoms with Gasteiger partial charge in [-0.1, -0.05) is 38.1 Å². The maximum Gasteiger partial charge on any atom is 0.251 e. The zero-order valence-electron chi connectivity index (χ0n) is 17.9. The summed E-state index contributed by atoms with van der Waals surface area (Å²) in [6, 6.07) is 15.3. The molecule has 0 saturated carbocycles. The Morgan fingerprint density at radius 2 is 1.62 bits per heavy atom. The van der Waals surface area contributed by atoms with Crippen LogP contribution in [0, 0.1) is 0 Å². The Hall–Kier alpha value is -2.70. The number of carbonyl (C=O) groups excluding carboxylic acids is 2. The van der Waals surface area contributed by atoms with Crippen molar-refractivity contribution in [3.8, 4) is 0 Å². The van der Waals surface area contributed by atoms with Gasteiger partial charge in [0.25, 0.3) is 5.91 Å². The second kappa shape index (κ2) is 11.3. The van der Waals surface area contributed by atoms with E-state index < -0.39 is 0 Å². The van der Waals surface area contributed by atoms with Crippen LogP contribution in [0.25, 0.3) is 0 Å². The lowest BCUT2D eigenvalue weighted by atomic mass is 10.1. The average molecular weight is 397 g/mol. The van der Waals surface area contributed by atoms with Crippen LogP contribution in [0.3, 0.4) is 0 Å². The predicted octanol–water partition coefficient (Wildman–Crippen LogP) is 2.96. The first kappa shape index (κ1) is 22.6. The normalized spacial score (nSPS) is 11.0. The van der Waals surface area contributed by atoms with Crippen molar-refractivity contribution in [3.63, 3.8) is 0 Å². The van der Waals surface area contributed by atoms with Crippen LogP contribution in [0.15, 0.2) is 48.5 Å². The molecule has 0 aliphatic rings. The number of carbonyl (C=O) groups is 2. The molecule has 156 valence electrons. The number of anilines is 1. The third kappa shape index (κ3) is 7.68. The summed E-state index contributed by atoms with van der Waals surface area (Å²) in [4.78, 5) is 28.5. The molecule has 0 aromatic heterocycles. The summed E-state index contributed by atoms with van der Waals surface area (Å²) in [6.07, 6.45) is 0. The van der Waals surface area contributed by atoms with Crippen LogP contribution < -0.4 is 10.6 Å². The van der Waals surface area contributed by atoms with E-state index >= 15 is 0 Å². The minimum Gasteiger partial charge on any atom is -0.348 e. The fourth-order valence-electron chi connectivity index (χ4n) is 3.00. The molecule has 0 aliphatic carbocycles. The van der Waals surface area contributed by atoms with Gasteiger partial charge in [-0.15, -0.1) is 0 Å². The molecule has 0 fully saturated rings. The molecule has 0 saturated heterocycles. The van der Waals surface area contributed by atoms with Gasteiger partial charge in [-0.2, -0.15) is 0 Å². The Balaban J connectivity index is 1.90. The van der Waals surface area contributed by atoms with Crippen molar-refractivity contribution in [1.82, 2.24) is 15.1 Å². The summed E-state index contributed by atoms with van der Waals surface area (Å²) >= 11 is 0. The van der Waals surface area contributed by atoms with E-state index in [0.717, 1.165) is 30.9 Å². The molecule has 2 rings (SSSR count). The number of benzene rings is 2. The first-order valence-corrected chi connectivity index (χ1v) is 10.0. The molecule has 6 nitrogen and oxygen atoms in total. The molecule has 2 amide bonds. The number of nitrogens with one attached hydrogen (secondary N) is 2. The van der Waals surface area contributed by atoms with Gasteiger partial charge < -0.3 is 15.5 Å². The van der Waals surface area contributed by atoms with Gasteiger partial charge in [-0.05, 0) is 62.6 Å². The van der Waals surface area contributed by atoms with Gasteiger partial charge >= 0.3 is 0 Å². The van der Waals surface area contributed by atoms with E-state index in [4.69, 9.17) is 0 Å². The molecule has 6 heteroatoms. The number of nitrogens with zero attached hydrogens (tertiary/aromatic N) is 2. The molecular formula is C23H32N4O2. The molecule has 2 aromatic carbocycles. The van der Waals surface area contributed by atoms with Gasteiger partial charge in [0.1, 0.15) is 0 Å². The standard InChI is InChI=1S/C23H32N4O2/c1-5-27(6-2)16-18-10-12-20(13-11-18)23(29)24-15-19-8-7-9-21(14-19)25-22(28)17-26(3)4/h7-14H,5-6,15-17H2,1-4H3,(H,24,29)(H,25,28). The molecule has 0 aliphatic heterocycles. The summed E-state index contributed by atoms with van der Waals surface area (Å²) in [6.45, 7) is 7.92. The van der Waals surface area contributed by atoms with E-state index in [1.165, 1.54) is 5.56 Å². The summed E-state index contributed by atoms with van der Waals surface area (Å²) < 4.78 is 0.